The first-order valence-electron chi connectivity index (χ1n) is 3.24. The van der Waals surface area contributed by atoms with Crippen molar-refractivity contribution < 1.29 is 70.7 Å². The summed E-state index contributed by atoms with van der Waals surface area (Å²) in [4.78, 5) is 9.18. The Balaban J connectivity index is 0. The third kappa shape index (κ3) is 4.68. The third-order valence-electron chi connectivity index (χ3n) is 1.36. The summed E-state index contributed by atoms with van der Waals surface area (Å²) >= 11 is 0. The van der Waals surface area contributed by atoms with Gasteiger partial charge in [-0.05, 0) is 0 Å². The molecule has 0 aliphatic heterocycles. The van der Waals surface area contributed by atoms with Gasteiger partial charge in [-0.2, -0.15) is 6.07 Å². The average molecular weight is 238 g/mol. The number of benzene rings is 1. The van der Waals surface area contributed by atoms with E-state index in [1.165, 1.54) is 0 Å². The molecule has 0 unspecified atom stereocenters. The Morgan fingerprint density at radius 3 is 2.40 bits per heavy atom. The Bertz CT molecular complexity index is 350. The van der Waals surface area contributed by atoms with Crippen molar-refractivity contribution in [1.29, 1.82) is 0 Å². The summed E-state index contributed by atoms with van der Waals surface area (Å²) in [5, 5.41) is 27.4. The number of rotatable bonds is 2. The molecule has 0 spiro atoms. The molecule has 8 heteroatoms. The van der Waals surface area contributed by atoms with E-state index in [0.717, 1.165) is 12.1 Å². The standard InChI is InChI=1S/C6H4BFNO4.CH3.K/c8-5-2-1-4(7(10)11)3-6(5)9(12)13;;/h1-2,10-11H;1H3;/q2*-1;+1. The molecule has 0 aromatic heterocycles. The van der Waals surface area contributed by atoms with Crippen LogP contribution in [0.1, 0.15) is 0 Å². The van der Waals surface area contributed by atoms with E-state index in [2.05, 4.69) is 0 Å². The Hall–Kier alpha value is 0.171. The predicted molar refractivity (Wildman–Crippen MR) is 48.1 cm³/mol. The largest absolute Gasteiger partial charge is 1.00 e. The van der Waals surface area contributed by atoms with Gasteiger partial charge in [-0.1, -0.05) is 6.07 Å². The second-order valence-electron chi connectivity index (χ2n) is 2.24. The molecule has 5 nitrogen and oxygen atoms in total. The van der Waals surface area contributed by atoms with Crippen molar-refractivity contribution in [2.24, 2.45) is 0 Å². The van der Waals surface area contributed by atoms with Crippen molar-refractivity contribution in [3.63, 3.8) is 0 Å². The van der Waals surface area contributed by atoms with E-state index in [0.29, 0.717) is 0 Å². The zero-order valence-corrected chi connectivity index (χ0v) is 11.4. The average Bonchev–Trinajstić information content (AvgIpc) is 2.04. The van der Waals surface area contributed by atoms with Crippen LogP contribution in [-0.4, -0.2) is 22.1 Å². The summed E-state index contributed by atoms with van der Waals surface area (Å²) in [5.74, 6) is -1.06. The van der Waals surface area contributed by atoms with Crippen molar-refractivity contribution in [1.82, 2.24) is 0 Å². The minimum Gasteiger partial charge on any atom is -0.425 e. The second-order valence-corrected chi connectivity index (χ2v) is 2.24. The molecule has 1 rings (SSSR count). The smallest absolute Gasteiger partial charge is 0.425 e. The molecule has 76 valence electrons. The molecular weight excluding hydrogens is 231 g/mol. The first-order valence-corrected chi connectivity index (χ1v) is 3.24. The van der Waals surface area contributed by atoms with E-state index in [9.17, 15) is 14.5 Å². The van der Waals surface area contributed by atoms with E-state index in [4.69, 9.17) is 10.0 Å². The SMILES string of the molecule is O=[N+]([O-])c1[c-]c(B(O)O)ccc1F.[CH3-].[K+]. The molecule has 0 aliphatic rings. The van der Waals surface area contributed by atoms with Crippen LogP contribution in [0.15, 0.2) is 12.1 Å². The van der Waals surface area contributed by atoms with Crippen molar-refractivity contribution in [3.05, 3.63) is 41.6 Å². The Morgan fingerprint density at radius 1 is 1.47 bits per heavy atom. The molecule has 0 saturated carbocycles. The molecular formula is C7H7BFKNO4-. The van der Waals surface area contributed by atoms with Crippen molar-refractivity contribution in [3.8, 4) is 0 Å². The van der Waals surface area contributed by atoms with Gasteiger partial charge in [0, 0.05) is 4.92 Å². The van der Waals surface area contributed by atoms with Crippen LogP contribution in [0.2, 0.25) is 0 Å². The zero-order chi connectivity index (χ0) is 10.0. The van der Waals surface area contributed by atoms with Gasteiger partial charge in [-0.3, -0.25) is 14.5 Å². The third-order valence-corrected chi connectivity index (χ3v) is 1.36. The van der Waals surface area contributed by atoms with E-state index in [1.54, 1.807) is 0 Å². The van der Waals surface area contributed by atoms with Crippen molar-refractivity contribution in [2.45, 2.75) is 0 Å². The topological polar surface area (TPSA) is 83.6 Å². The number of hydrogen-bond acceptors (Lipinski definition) is 4. The number of nitrogens with zero attached hydrogens (tertiary/aromatic N) is 1. The van der Waals surface area contributed by atoms with Gasteiger partial charge in [0.1, 0.15) is 0 Å². The van der Waals surface area contributed by atoms with E-state index >= 15 is 0 Å². The van der Waals surface area contributed by atoms with Gasteiger partial charge in [-0.25, -0.2) is 0 Å². The molecule has 0 amide bonds. The molecule has 2 N–H and O–H groups in total. The summed E-state index contributed by atoms with van der Waals surface area (Å²) in [6.45, 7) is 0. The van der Waals surface area contributed by atoms with Crippen LogP contribution in [0.4, 0.5) is 10.1 Å². The van der Waals surface area contributed by atoms with E-state index < -0.39 is 23.5 Å². The maximum Gasteiger partial charge on any atom is 1.00 e. The van der Waals surface area contributed by atoms with Gasteiger partial charge in [0.2, 0.25) is 0 Å². The molecule has 1 aromatic carbocycles. The van der Waals surface area contributed by atoms with Gasteiger partial charge in [-0.15, -0.1) is 11.5 Å². The summed E-state index contributed by atoms with van der Waals surface area (Å²) in [6.07, 6.45) is 0. The van der Waals surface area contributed by atoms with Gasteiger partial charge < -0.3 is 17.5 Å². The molecule has 0 aliphatic carbocycles. The van der Waals surface area contributed by atoms with Crippen LogP contribution in [0.5, 0.6) is 0 Å². The molecule has 1 aromatic rings. The Morgan fingerprint density at radius 2 is 2.00 bits per heavy atom. The molecule has 0 saturated heterocycles. The van der Waals surface area contributed by atoms with Crippen molar-refractivity contribution >= 4 is 18.3 Å². The zero-order valence-electron chi connectivity index (χ0n) is 8.27. The Kier molecular flexibility index (Phi) is 8.72. The summed E-state index contributed by atoms with van der Waals surface area (Å²) in [5.41, 5.74) is -1.14. The molecule has 0 atom stereocenters. The normalized spacial score (nSPS) is 8.47. The van der Waals surface area contributed by atoms with Gasteiger partial charge in [0.05, 0.1) is 5.82 Å². The number of nitro benzene ring substituents is 1. The van der Waals surface area contributed by atoms with Crippen LogP contribution in [-0.2, 0) is 0 Å². The second kappa shape index (κ2) is 7.45. The van der Waals surface area contributed by atoms with Crippen LogP contribution in [0.25, 0.3) is 0 Å². The van der Waals surface area contributed by atoms with E-state index in [1.807, 2.05) is 6.07 Å². The fourth-order valence-corrected chi connectivity index (χ4v) is 0.763. The van der Waals surface area contributed by atoms with Crippen LogP contribution in [0, 0.1) is 29.4 Å². The molecule has 0 bridgehead atoms. The van der Waals surface area contributed by atoms with Gasteiger partial charge in [0.25, 0.3) is 0 Å². The Labute approximate surface area is 129 Å². The summed E-state index contributed by atoms with van der Waals surface area (Å²) in [6, 6.07) is 3.73. The number of hydrogen-bond donors (Lipinski definition) is 2. The van der Waals surface area contributed by atoms with Crippen LogP contribution in [0.3, 0.4) is 0 Å². The van der Waals surface area contributed by atoms with Crippen LogP contribution < -0.4 is 56.8 Å². The molecule has 0 fully saturated rings. The fourth-order valence-electron chi connectivity index (χ4n) is 0.763. The maximum atomic E-state index is 12.6. The minimum absolute atomic E-state index is 0. The van der Waals surface area contributed by atoms with Crippen molar-refractivity contribution in [2.75, 3.05) is 0 Å². The maximum absolute atomic E-state index is 12.6. The molecule has 0 radical (unpaired) electrons. The minimum atomic E-state index is -1.89. The first-order chi connectivity index (χ1) is 6.02. The number of halogens is 1. The quantitative estimate of drug-likeness (QED) is 0.244. The summed E-state index contributed by atoms with van der Waals surface area (Å²) < 4.78 is 12.6. The fraction of sp³-hybridized carbons (Fsp3) is 0. The summed E-state index contributed by atoms with van der Waals surface area (Å²) in [7, 11) is -1.89. The van der Waals surface area contributed by atoms with Gasteiger partial charge >= 0.3 is 58.5 Å². The van der Waals surface area contributed by atoms with E-state index in [-0.39, 0.29) is 64.3 Å². The molecule has 15 heavy (non-hydrogen) atoms. The first kappa shape index (κ1) is 17.6. The predicted octanol–water partition coefficient (Wildman–Crippen LogP) is -3.33. The van der Waals surface area contributed by atoms with Crippen LogP contribution >= 0.6 is 0 Å². The number of nitro groups is 1. The monoisotopic (exact) mass is 238 g/mol. The molecule has 0 heterocycles. The van der Waals surface area contributed by atoms with Gasteiger partial charge in [0.15, 0.2) is 5.69 Å².